The zero-order valence-electron chi connectivity index (χ0n) is 17.3. The van der Waals surface area contributed by atoms with E-state index in [1.165, 1.54) is 25.5 Å². The number of ether oxygens (including phenoxy) is 3. The first-order chi connectivity index (χ1) is 13.5. The van der Waals surface area contributed by atoms with Crippen LogP contribution in [0.1, 0.15) is 49.4 Å². The molecule has 1 aromatic rings. The molecule has 0 heterocycles. The quantitative estimate of drug-likeness (QED) is 0.474. The van der Waals surface area contributed by atoms with Crippen molar-refractivity contribution in [2.24, 2.45) is 5.92 Å². The molecular weight excluding hydrogens is 358 g/mol. The number of methoxy groups -OCH3 is 3. The molecule has 2 rings (SSSR count). The predicted molar refractivity (Wildman–Crippen MR) is 108 cm³/mol. The lowest BCUT2D eigenvalue weighted by Crippen LogP contribution is -2.38. The number of amides is 1. The Morgan fingerprint density at radius 3 is 2.46 bits per heavy atom. The second-order valence-electron chi connectivity index (χ2n) is 7.10. The molecule has 1 amide bonds. The zero-order valence-corrected chi connectivity index (χ0v) is 17.3. The van der Waals surface area contributed by atoms with E-state index in [9.17, 15) is 9.59 Å². The van der Waals surface area contributed by atoms with Crippen LogP contribution in [0.15, 0.2) is 29.8 Å². The summed E-state index contributed by atoms with van der Waals surface area (Å²) in [7, 11) is 4.46. The summed E-state index contributed by atoms with van der Waals surface area (Å²) in [6.45, 7) is 2.66. The average molecular weight is 389 g/mol. The van der Waals surface area contributed by atoms with Crippen molar-refractivity contribution in [1.29, 1.82) is 0 Å². The van der Waals surface area contributed by atoms with Gasteiger partial charge in [-0.05, 0) is 50.3 Å². The maximum absolute atomic E-state index is 13.2. The summed E-state index contributed by atoms with van der Waals surface area (Å²) in [6.07, 6.45) is 7.74. The molecule has 0 aliphatic heterocycles. The Kier molecular flexibility index (Phi) is 8.36. The second-order valence-corrected chi connectivity index (χ2v) is 7.10. The highest BCUT2D eigenvalue weighted by Crippen LogP contribution is 2.28. The highest BCUT2D eigenvalue weighted by Gasteiger charge is 2.23. The number of rotatable bonds is 9. The van der Waals surface area contributed by atoms with Crippen LogP contribution in [-0.2, 0) is 9.53 Å². The fraction of sp³-hybridized carbons (Fsp3) is 0.545. The van der Waals surface area contributed by atoms with Gasteiger partial charge in [-0.25, -0.2) is 0 Å². The average Bonchev–Trinajstić information content (AvgIpc) is 2.75. The maximum atomic E-state index is 13.2. The summed E-state index contributed by atoms with van der Waals surface area (Å²) in [6, 6.07) is 5.12. The largest absolute Gasteiger partial charge is 0.493 e. The van der Waals surface area contributed by atoms with Gasteiger partial charge < -0.3 is 19.1 Å². The minimum atomic E-state index is -0.394. The minimum Gasteiger partial charge on any atom is -0.493 e. The van der Waals surface area contributed by atoms with Crippen LogP contribution in [0.3, 0.4) is 0 Å². The topological polar surface area (TPSA) is 65.1 Å². The molecule has 0 aromatic heterocycles. The van der Waals surface area contributed by atoms with E-state index >= 15 is 0 Å². The van der Waals surface area contributed by atoms with Crippen LogP contribution in [0.2, 0.25) is 0 Å². The molecule has 6 nitrogen and oxygen atoms in total. The van der Waals surface area contributed by atoms with Crippen LogP contribution in [0.5, 0.6) is 11.5 Å². The Balaban J connectivity index is 2.19. The van der Waals surface area contributed by atoms with Crippen LogP contribution >= 0.6 is 0 Å². The zero-order chi connectivity index (χ0) is 20.5. The van der Waals surface area contributed by atoms with Gasteiger partial charge >= 0.3 is 5.97 Å². The van der Waals surface area contributed by atoms with E-state index in [1.54, 1.807) is 44.2 Å². The first-order valence-corrected chi connectivity index (χ1v) is 9.77. The van der Waals surface area contributed by atoms with Gasteiger partial charge in [0.2, 0.25) is 0 Å². The Morgan fingerprint density at radius 1 is 1.11 bits per heavy atom. The van der Waals surface area contributed by atoms with Gasteiger partial charge in [0.1, 0.15) is 0 Å². The molecule has 1 aromatic carbocycles. The van der Waals surface area contributed by atoms with E-state index in [1.807, 2.05) is 0 Å². The molecule has 0 bridgehead atoms. The molecule has 0 saturated carbocycles. The normalized spacial score (nSPS) is 14.6. The molecule has 6 heteroatoms. The number of hydrogen-bond donors (Lipinski definition) is 0. The Hall–Kier alpha value is -2.50. The number of esters is 1. The fourth-order valence-electron chi connectivity index (χ4n) is 3.44. The van der Waals surface area contributed by atoms with Crippen molar-refractivity contribution in [1.82, 2.24) is 4.90 Å². The molecule has 1 unspecified atom stereocenters. The van der Waals surface area contributed by atoms with Gasteiger partial charge in [-0.2, -0.15) is 0 Å². The van der Waals surface area contributed by atoms with Crippen LogP contribution in [0.25, 0.3) is 0 Å². The van der Waals surface area contributed by atoms with Crippen LogP contribution in [0.4, 0.5) is 0 Å². The molecule has 0 radical (unpaired) electrons. The molecular formula is C22H31NO5. The monoisotopic (exact) mass is 389 g/mol. The van der Waals surface area contributed by atoms with Gasteiger partial charge in [0.15, 0.2) is 11.5 Å². The molecule has 154 valence electrons. The van der Waals surface area contributed by atoms with E-state index in [2.05, 4.69) is 6.08 Å². The summed E-state index contributed by atoms with van der Waals surface area (Å²) in [5.74, 6) is 0.231. The van der Waals surface area contributed by atoms with Gasteiger partial charge in [0.05, 0.1) is 27.2 Å². The fourth-order valence-corrected chi connectivity index (χ4v) is 3.44. The third kappa shape index (κ3) is 5.75. The number of benzene rings is 1. The maximum Gasteiger partial charge on any atom is 0.310 e. The number of nitrogens with zero attached hydrogens (tertiary/aromatic N) is 1. The number of allylic oxidation sites excluding steroid dienone is 1. The molecule has 1 aliphatic rings. The first-order valence-electron chi connectivity index (χ1n) is 9.77. The SMILES string of the molecule is COC(=O)C(C)CN(CCC1=CCCCC1)C(=O)c1ccc(OC)c(OC)c1. The Morgan fingerprint density at radius 2 is 1.86 bits per heavy atom. The van der Waals surface area contributed by atoms with Crippen molar-refractivity contribution >= 4 is 11.9 Å². The van der Waals surface area contributed by atoms with E-state index < -0.39 is 5.92 Å². The van der Waals surface area contributed by atoms with Crippen molar-refractivity contribution in [3.63, 3.8) is 0 Å². The number of hydrogen-bond acceptors (Lipinski definition) is 5. The highest BCUT2D eigenvalue weighted by atomic mass is 16.5. The van der Waals surface area contributed by atoms with E-state index in [4.69, 9.17) is 14.2 Å². The molecule has 0 fully saturated rings. The van der Waals surface area contributed by atoms with Crippen LogP contribution < -0.4 is 9.47 Å². The van der Waals surface area contributed by atoms with Gasteiger partial charge in [-0.3, -0.25) is 9.59 Å². The lowest BCUT2D eigenvalue weighted by molar-refractivity contribution is -0.145. The van der Waals surface area contributed by atoms with Crippen molar-refractivity contribution in [2.75, 3.05) is 34.4 Å². The third-order valence-corrected chi connectivity index (χ3v) is 5.10. The number of carbonyl (C=O) groups excluding carboxylic acids is 2. The van der Waals surface area contributed by atoms with Crippen LogP contribution in [0, 0.1) is 5.92 Å². The number of carbonyl (C=O) groups is 2. The first kappa shape index (κ1) is 21.8. The Bertz CT molecular complexity index is 713. The highest BCUT2D eigenvalue weighted by molar-refractivity contribution is 5.95. The summed E-state index contributed by atoms with van der Waals surface area (Å²) in [5, 5.41) is 0. The smallest absolute Gasteiger partial charge is 0.310 e. The van der Waals surface area contributed by atoms with Gasteiger partial charge in [0, 0.05) is 18.7 Å². The van der Waals surface area contributed by atoms with E-state index in [0.717, 1.165) is 19.3 Å². The molecule has 1 aliphatic carbocycles. The molecule has 28 heavy (non-hydrogen) atoms. The van der Waals surface area contributed by atoms with Crippen molar-refractivity contribution in [2.45, 2.75) is 39.0 Å². The standard InChI is InChI=1S/C22H31NO5/c1-16(22(25)28-4)15-23(13-12-17-8-6-5-7-9-17)21(24)18-10-11-19(26-2)20(14-18)27-3/h8,10-11,14,16H,5-7,9,12-13,15H2,1-4H3. The summed E-state index contributed by atoms with van der Waals surface area (Å²) in [4.78, 5) is 26.8. The predicted octanol–water partition coefficient (Wildman–Crippen LogP) is 3.85. The van der Waals surface area contributed by atoms with Gasteiger partial charge in [-0.1, -0.05) is 18.6 Å². The molecule has 0 N–H and O–H groups in total. The van der Waals surface area contributed by atoms with Crippen molar-refractivity contribution in [3.8, 4) is 11.5 Å². The van der Waals surface area contributed by atoms with E-state index in [0.29, 0.717) is 30.2 Å². The third-order valence-electron chi connectivity index (χ3n) is 5.10. The molecule has 0 saturated heterocycles. The molecule has 1 atom stereocenters. The Labute approximate surface area is 167 Å². The van der Waals surface area contributed by atoms with Crippen molar-refractivity contribution < 1.29 is 23.8 Å². The summed E-state index contributed by atoms with van der Waals surface area (Å²) in [5.41, 5.74) is 1.90. The molecule has 0 spiro atoms. The summed E-state index contributed by atoms with van der Waals surface area (Å²) >= 11 is 0. The lowest BCUT2D eigenvalue weighted by Gasteiger charge is -2.26. The minimum absolute atomic E-state index is 0.131. The second kappa shape index (κ2) is 10.7. The van der Waals surface area contributed by atoms with Crippen molar-refractivity contribution in [3.05, 3.63) is 35.4 Å². The summed E-state index contributed by atoms with van der Waals surface area (Å²) < 4.78 is 15.4. The lowest BCUT2D eigenvalue weighted by atomic mass is 9.97. The van der Waals surface area contributed by atoms with Gasteiger partial charge in [-0.15, -0.1) is 0 Å². The van der Waals surface area contributed by atoms with E-state index in [-0.39, 0.29) is 11.9 Å². The van der Waals surface area contributed by atoms with Gasteiger partial charge in [0.25, 0.3) is 5.91 Å². The van der Waals surface area contributed by atoms with Crippen LogP contribution in [-0.4, -0.2) is 51.2 Å².